The molecule has 0 aliphatic carbocycles. The zero-order chi connectivity index (χ0) is 19.6. The fraction of sp³-hybridized carbons (Fsp3) is 0.238. The predicted molar refractivity (Wildman–Crippen MR) is 105 cm³/mol. The SMILES string of the molecule is C=CCC(C(=O)OCc1ccc(OC)cc1)C(=O)Sc1ccc(OC)cc1. The Kier molecular flexibility index (Phi) is 7.95. The Morgan fingerprint density at radius 3 is 2.07 bits per heavy atom. The molecule has 0 spiro atoms. The number of methoxy groups -OCH3 is 2. The molecule has 0 bridgehead atoms. The maximum atomic E-state index is 12.6. The van der Waals surface area contributed by atoms with E-state index in [0.717, 1.165) is 28.0 Å². The zero-order valence-corrected chi connectivity index (χ0v) is 16.2. The van der Waals surface area contributed by atoms with E-state index in [1.807, 2.05) is 12.1 Å². The molecule has 0 saturated heterocycles. The Bertz CT molecular complexity index is 768. The normalized spacial score (nSPS) is 11.3. The first-order valence-corrected chi connectivity index (χ1v) is 9.15. The highest BCUT2D eigenvalue weighted by Gasteiger charge is 2.27. The maximum absolute atomic E-state index is 12.6. The van der Waals surface area contributed by atoms with E-state index >= 15 is 0 Å². The van der Waals surface area contributed by atoms with Crippen molar-refractivity contribution >= 4 is 22.8 Å². The Morgan fingerprint density at radius 1 is 1.00 bits per heavy atom. The summed E-state index contributed by atoms with van der Waals surface area (Å²) in [5.41, 5.74) is 0.816. The molecule has 2 rings (SSSR count). The quantitative estimate of drug-likeness (QED) is 0.278. The van der Waals surface area contributed by atoms with Gasteiger partial charge in [0.25, 0.3) is 0 Å². The number of hydrogen-bond acceptors (Lipinski definition) is 6. The fourth-order valence-electron chi connectivity index (χ4n) is 2.26. The van der Waals surface area contributed by atoms with Crippen LogP contribution in [0.2, 0.25) is 0 Å². The van der Waals surface area contributed by atoms with Crippen LogP contribution in [0.1, 0.15) is 12.0 Å². The van der Waals surface area contributed by atoms with Gasteiger partial charge in [0.05, 0.1) is 14.2 Å². The molecule has 0 fully saturated rings. The molecular formula is C21H22O5S. The van der Waals surface area contributed by atoms with Gasteiger partial charge in [0, 0.05) is 4.90 Å². The van der Waals surface area contributed by atoms with Crippen LogP contribution in [0.3, 0.4) is 0 Å². The monoisotopic (exact) mass is 386 g/mol. The standard InChI is InChI=1S/C21H22O5S/c1-4-5-19(21(23)27-18-12-10-17(25-3)11-13-18)20(22)26-14-15-6-8-16(24-2)9-7-15/h4,6-13,19H,1,5,14H2,2-3H3. The van der Waals surface area contributed by atoms with E-state index in [1.54, 1.807) is 56.7 Å². The Hall–Kier alpha value is -2.73. The van der Waals surface area contributed by atoms with Gasteiger partial charge >= 0.3 is 5.97 Å². The van der Waals surface area contributed by atoms with Crippen LogP contribution in [0.25, 0.3) is 0 Å². The molecule has 2 aromatic rings. The number of ether oxygens (including phenoxy) is 3. The summed E-state index contributed by atoms with van der Waals surface area (Å²) in [5, 5.41) is -0.278. The van der Waals surface area contributed by atoms with Crippen molar-refractivity contribution in [2.75, 3.05) is 14.2 Å². The van der Waals surface area contributed by atoms with Crippen molar-refractivity contribution in [3.8, 4) is 11.5 Å². The van der Waals surface area contributed by atoms with Gasteiger partial charge in [-0.2, -0.15) is 0 Å². The number of carbonyl (C=O) groups excluding carboxylic acids is 2. The average molecular weight is 386 g/mol. The minimum Gasteiger partial charge on any atom is -0.497 e. The molecule has 6 heteroatoms. The Balaban J connectivity index is 1.97. The molecule has 1 atom stereocenters. The average Bonchev–Trinajstić information content (AvgIpc) is 2.71. The van der Waals surface area contributed by atoms with Gasteiger partial charge < -0.3 is 14.2 Å². The van der Waals surface area contributed by atoms with Gasteiger partial charge in [-0.25, -0.2) is 0 Å². The van der Waals surface area contributed by atoms with Crippen LogP contribution in [0.15, 0.2) is 66.1 Å². The number of thioether (sulfide) groups is 1. The molecule has 1 unspecified atom stereocenters. The summed E-state index contributed by atoms with van der Waals surface area (Å²) in [5.74, 6) is -0.0291. The maximum Gasteiger partial charge on any atom is 0.318 e. The molecule has 0 aliphatic rings. The van der Waals surface area contributed by atoms with Gasteiger partial charge in [0.2, 0.25) is 5.12 Å². The first-order chi connectivity index (χ1) is 13.1. The molecule has 27 heavy (non-hydrogen) atoms. The van der Waals surface area contributed by atoms with Crippen molar-refractivity contribution in [1.82, 2.24) is 0 Å². The van der Waals surface area contributed by atoms with E-state index in [9.17, 15) is 9.59 Å². The second-order valence-corrected chi connectivity index (χ2v) is 6.71. The first kappa shape index (κ1) is 20.6. The van der Waals surface area contributed by atoms with E-state index < -0.39 is 11.9 Å². The summed E-state index contributed by atoms with van der Waals surface area (Å²) in [6, 6.07) is 14.3. The number of allylic oxidation sites excluding steroid dienone is 1. The van der Waals surface area contributed by atoms with Gasteiger partial charge in [-0.1, -0.05) is 30.0 Å². The third-order valence-electron chi connectivity index (χ3n) is 3.79. The third kappa shape index (κ3) is 6.18. The zero-order valence-electron chi connectivity index (χ0n) is 15.3. The highest BCUT2D eigenvalue weighted by atomic mass is 32.2. The molecule has 0 amide bonds. The van der Waals surface area contributed by atoms with Crippen molar-refractivity contribution in [2.45, 2.75) is 17.9 Å². The van der Waals surface area contributed by atoms with Crippen LogP contribution in [0, 0.1) is 5.92 Å². The van der Waals surface area contributed by atoms with Crippen LogP contribution in [0.5, 0.6) is 11.5 Å². The van der Waals surface area contributed by atoms with Crippen molar-refractivity contribution in [2.24, 2.45) is 5.92 Å². The van der Waals surface area contributed by atoms with Crippen LogP contribution in [0.4, 0.5) is 0 Å². The van der Waals surface area contributed by atoms with Crippen LogP contribution in [-0.2, 0) is 20.9 Å². The van der Waals surface area contributed by atoms with E-state index in [2.05, 4.69) is 6.58 Å². The number of rotatable bonds is 9. The Labute approximate surface area is 163 Å². The van der Waals surface area contributed by atoms with Crippen LogP contribution < -0.4 is 9.47 Å². The van der Waals surface area contributed by atoms with Crippen molar-refractivity contribution in [1.29, 1.82) is 0 Å². The number of hydrogen-bond donors (Lipinski definition) is 0. The van der Waals surface area contributed by atoms with Gasteiger partial charge in [-0.3, -0.25) is 9.59 Å². The topological polar surface area (TPSA) is 61.8 Å². The van der Waals surface area contributed by atoms with Gasteiger partial charge in [-0.15, -0.1) is 6.58 Å². The van der Waals surface area contributed by atoms with Crippen molar-refractivity contribution in [3.05, 3.63) is 66.7 Å². The summed E-state index contributed by atoms with van der Waals surface area (Å²) in [6.07, 6.45) is 1.77. The minimum atomic E-state index is -0.896. The Morgan fingerprint density at radius 2 is 1.56 bits per heavy atom. The lowest BCUT2D eigenvalue weighted by Crippen LogP contribution is -2.23. The van der Waals surface area contributed by atoms with Gasteiger partial charge in [0.1, 0.15) is 24.0 Å². The molecule has 0 radical (unpaired) electrons. The van der Waals surface area contributed by atoms with E-state index in [-0.39, 0.29) is 18.1 Å². The minimum absolute atomic E-state index is 0.0942. The summed E-state index contributed by atoms with van der Waals surface area (Å²) < 4.78 is 15.5. The lowest BCUT2D eigenvalue weighted by atomic mass is 10.1. The largest absolute Gasteiger partial charge is 0.497 e. The molecular weight excluding hydrogens is 364 g/mol. The molecule has 0 aromatic heterocycles. The van der Waals surface area contributed by atoms with Crippen molar-refractivity contribution in [3.63, 3.8) is 0 Å². The molecule has 142 valence electrons. The van der Waals surface area contributed by atoms with Crippen LogP contribution in [-0.4, -0.2) is 25.3 Å². The lowest BCUT2D eigenvalue weighted by Gasteiger charge is -2.13. The lowest BCUT2D eigenvalue weighted by molar-refractivity contribution is -0.151. The second-order valence-electron chi connectivity index (χ2n) is 5.63. The third-order valence-corrected chi connectivity index (χ3v) is 4.78. The van der Waals surface area contributed by atoms with Crippen LogP contribution >= 0.6 is 11.8 Å². The van der Waals surface area contributed by atoms with E-state index in [4.69, 9.17) is 14.2 Å². The summed E-state index contributed by atoms with van der Waals surface area (Å²) >= 11 is 1.01. The summed E-state index contributed by atoms with van der Waals surface area (Å²) in [4.78, 5) is 25.7. The first-order valence-electron chi connectivity index (χ1n) is 8.33. The summed E-state index contributed by atoms with van der Waals surface area (Å²) in [7, 11) is 3.16. The van der Waals surface area contributed by atoms with Crippen molar-refractivity contribution < 1.29 is 23.8 Å². The fourth-order valence-corrected chi connectivity index (χ4v) is 3.10. The molecule has 0 aliphatic heterocycles. The summed E-state index contributed by atoms with van der Waals surface area (Å²) in [6.45, 7) is 3.73. The number of esters is 1. The highest BCUT2D eigenvalue weighted by Crippen LogP contribution is 2.27. The molecule has 2 aromatic carbocycles. The molecule has 5 nitrogen and oxygen atoms in total. The number of carbonyl (C=O) groups is 2. The molecule has 0 N–H and O–H groups in total. The van der Waals surface area contributed by atoms with E-state index in [1.165, 1.54) is 0 Å². The smallest absolute Gasteiger partial charge is 0.318 e. The predicted octanol–water partition coefficient (Wildman–Crippen LogP) is 4.26. The number of benzene rings is 2. The van der Waals surface area contributed by atoms with E-state index in [0.29, 0.717) is 5.75 Å². The second kappa shape index (κ2) is 10.4. The van der Waals surface area contributed by atoms with Gasteiger partial charge in [-0.05, 0) is 48.4 Å². The molecule has 0 heterocycles. The molecule has 0 saturated carbocycles. The van der Waals surface area contributed by atoms with Gasteiger partial charge in [0.15, 0.2) is 0 Å². The highest BCUT2D eigenvalue weighted by molar-refractivity contribution is 8.13.